The highest BCUT2D eigenvalue weighted by atomic mass is 16.5. The van der Waals surface area contributed by atoms with Gasteiger partial charge in [-0.25, -0.2) is 0 Å². The van der Waals surface area contributed by atoms with E-state index in [1.165, 1.54) is 0 Å². The molecule has 1 rings (SSSR count). The maximum atomic E-state index is 9.79. The summed E-state index contributed by atoms with van der Waals surface area (Å²) in [6, 6.07) is 0. The fourth-order valence-corrected chi connectivity index (χ4v) is 0.985. The van der Waals surface area contributed by atoms with Crippen molar-refractivity contribution in [1.82, 2.24) is 5.32 Å². The summed E-state index contributed by atoms with van der Waals surface area (Å²) in [6.07, 6.45) is 3.20. The largest absolute Gasteiger partial charge is 0.376 e. The molecule has 1 aliphatic heterocycles. The van der Waals surface area contributed by atoms with Crippen molar-refractivity contribution in [2.75, 3.05) is 13.2 Å². The molecule has 1 aliphatic rings. The molecule has 1 amide bonds. The first-order valence-corrected chi connectivity index (χ1v) is 3.22. The van der Waals surface area contributed by atoms with E-state index >= 15 is 0 Å². The summed E-state index contributed by atoms with van der Waals surface area (Å²) in [5.74, 6) is 0. The summed E-state index contributed by atoms with van der Waals surface area (Å²) >= 11 is 0. The molecule has 0 aliphatic carbocycles. The SMILES string of the molecule is O=CNC[C@@H]1CCCO1. The lowest BCUT2D eigenvalue weighted by atomic mass is 10.2. The number of carbonyl (C=O) groups excluding carboxylic acids is 1. The van der Waals surface area contributed by atoms with Crippen LogP contribution in [0, 0.1) is 0 Å². The second-order valence-corrected chi connectivity index (χ2v) is 2.16. The Morgan fingerprint density at radius 2 is 2.67 bits per heavy atom. The predicted molar refractivity (Wildman–Crippen MR) is 33.0 cm³/mol. The Hall–Kier alpha value is -0.570. The van der Waals surface area contributed by atoms with Crippen molar-refractivity contribution >= 4 is 6.41 Å². The van der Waals surface area contributed by atoms with Crippen molar-refractivity contribution in [1.29, 1.82) is 0 Å². The number of rotatable bonds is 3. The summed E-state index contributed by atoms with van der Waals surface area (Å²) in [4.78, 5) is 9.79. The van der Waals surface area contributed by atoms with Gasteiger partial charge in [0.25, 0.3) is 0 Å². The van der Waals surface area contributed by atoms with E-state index in [0.717, 1.165) is 19.4 Å². The Labute approximate surface area is 54.4 Å². The Balaban J connectivity index is 2.04. The van der Waals surface area contributed by atoms with Crippen molar-refractivity contribution in [2.45, 2.75) is 18.9 Å². The molecule has 1 fully saturated rings. The Morgan fingerprint density at radius 3 is 3.22 bits per heavy atom. The molecule has 1 N–H and O–H groups in total. The quantitative estimate of drug-likeness (QED) is 0.541. The molecule has 3 heteroatoms. The smallest absolute Gasteiger partial charge is 0.207 e. The summed E-state index contributed by atoms with van der Waals surface area (Å²) in [7, 11) is 0. The van der Waals surface area contributed by atoms with E-state index in [2.05, 4.69) is 5.32 Å². The molecule has 0 bridgehead atoms. The van der Waals surface area contributed by atoms with E-state index in [4.69, 9.17) is 4.74 Å². The van der Waals surface area contributed by atoms with Crippen molar-refractivity contribution in [3.8, 4) is 0 Å². The Kier molecular flexibility index (Phi) is 2.51. The Morgan fingerprint density at radius 1 is 1.78 bits per heavy atom. The monoisotopic (exact) mass is 129 g/mol. The van der Waals surface area contributed by atoms with Crippen LogP contribution in [-0.2, 0) is 9.53 Å². The van der Waals surface area contributed by atoms with Gasteiger partial charge in [0, 0.05) is 13.2 Å². The van der Waals surface area contributed by atoms with Crippen LogP contribution in [0.1, 0.15) is 12.8 Å². The first kappa shape index (κ1) is 6.55. The highest BCUT2D eigenvalue weighted by Gasteiger charge is 2.13. The first-order chi connectivity index (χ1) is 4.43. The van der Waals surface area contributed by atoms with Gasteiger partial charge < -0.3 is 10.1 Å². The molecule has 0 saturated carbocycles. The zero-order chi connectivity index (χ0) is 6.53. The van der Waals surface area contributed by atoms with Gasteiger partial charge in [0.05, 0.1) is 6.10 Å². The van der Waals surface area contributed by atoms with E-state index in [9.17, 15) is 4.79 Å². The van der Waals surface area contributed by atoms with Crippen LogP contribution in [0.5, 0.6) is 0 Å². The molecule has 9 heavy (non-hydrogen) atoms. The van der Waals surface area contributed by atoms with Gasteiger partial charge >= 0.3 is 0 Å². The molecule has 52 valence electrons. The zero-order valence-corrected chi connectivity index (χ0v) is 5.30. The fourth-order valence-electron chi connectivity index (χ4n) is 0.985. The van der Waals surface area contributed by atoms with Gasteiger partial charge in [0.15, 0.2) is 0 Å². The number of amides is 1. The minimum absolute atomic E-state index is 0.273. The maximum absolute atomic E-state index is 9.79. The molecule has 1 heterocycles. The first-order valence-electron chi connectivity index (χ1n) is 3.22. The number of carbonyl (C=O) groups is 1. The van der Waals surface area contributed by atoms with Gasteiger partial charge in [-0.3, -0.25) is 4.79 Å². The van der Waals surface area contributed by atoms with Crippen LogP contribution in [-0.4, -0.2) is 25.7 Å². The molecular weight excluding hydrogens is 118 g/mol. The van der Waals surface area contributed by atoms with E-state index in [0.29, 0.717) is 13.0 Å². The summed E-state index contributed by atoms with van der Waals surface area (Å²) in [5.41, 5.74) is 0. The summed E-state index contributed by atoms with van der Waals surface area (Å²) in [5, 5.41) is 2.58. The van der Waals surface area contributed by atoms with E-state index in [1.807, 2.05) is 0 Å². The van der Waals surface area contributed by atoms with E-state index < -0.39 is 0 Å². The molecule has 0 unspecified atom stereocenters. The van der Waals surface area contributed by atoms with Crippen molar-refractivity contribution in [2.24, 2.45) is 0 Å². The number of ether oxygens (including phenoxy) is 1. The molecule has 0 aromatic heterocycles. The van der Waals surface area contributed by atoms with Crippen LogP contribution in [0.25, 0.3) is 0 Å². The lowest BCUT2D eigenvalue weighted by molar-refractivity contribution is -0.110. The van der Waals surface area contributed by atoms with Crippen LogP contribution in [0.3, 0.4) is 0 Å². The second-order valence-electron chi connectivity index (χ2n) is 2.16. The van der Waals surface area contributed by atoms with Crippen LogP contribution in [0.4, 0.5) is 0 Å². The van der Waals surface area contributed by atoms with Gasteiger partial charge in [-0.05, 0) is 12.8 Å². The number of hydrogen-bond acceptors (Lipinski definition) is 2. The van der Waals surface area contributed by atoms with Gasteiger partial charge in [0.1, 0.15) is 0 Å². The number of hydrogen-bond donors (Lipinski definition) is 1. The summed E-state index contributed by atoms with van der Waals surface area (Å²) in [6.45, 7) is 1.52. The van der Waals surface area contributed by atoms with Crippen LogP contribution >= 0.6 is 0 Å². The summed E-state index contributed by atoms with van der Waals surface area (Å²) < 4.78 is 5.23. The van der Waals surface area contributed by atoms with Gasteiger partial charge in [-0.2, -0.15) is 0 Å². The van der Waals surface area contributed by atoms with Crippen LogP contribution in [0.2, 0.25) is 0 Å². The van der Waals surface area contributed by atoms with Crippen LogP contribution < -0.4 is 5.32 Å². The lowest BCUT2D eigenvalue weighted by Crippen LogP contribution is -2.24. The zero-order valence-electron chi connectivity index (χ0n) is 5.30. The average Bonchev–Trinajstić information content (AvgIpc) is 2.34. The maximum Gasteiger partial charge on any atom is 0.207 e. The molecule has 0 radical (unpaired) electrons. The predicted octanol–water partition coefficient (Wildman–Crippen LogP) is -0.0886. The third kappa shape index (κ3) is 2.01. The van der Waals surface area contributed by atoms with E-state index in [1.54, 1.807) is 0 Å². The van der Waals surface area contributed by atoms with Gasteiger partial charge in [0.2, 0.25) is 6.41 Å². The van der Waals surface area contributed by atoms with Gasteiger partial charge in [-0.15, -0.1) is 0 Å². The molecule has 1 atom stereocenters. The van der Waals surface area contributed by atoms with Crippen LogP contribution in [0.15, 0.2) is 0 Å². The molecule has 3 nitrogen and oxygen atoms in total. The van der Waals surface area contributed by atoms with Gasteiger partial charge in [-0.1, -0.05) is 0 Å². The Bertz CT molecular complexity index is 89.1. The minimum Gasteiger partial charge on any atom is -0.376 e. The molecule has 1 saturated heterocycles. The minimum atomic E-state index is 0.273. The average molecular weight is 129 g/mol. The molecule has 0 aromatic carbocycles. The molecule has 0 spiro atoms. The van der Waals surface area contributed by atoms with Crippen molar-refractivity contribution in [3.63, 3.8) is 0 Å². The molecule has 0 aromatic rings. The standard InChI is InChI=1S/C6H11NO2/c8-5-7-4-6-2-1-3-9-6/h5-6H,1-4H2,(H,7,8)/t6-/m0/s1. The van der Waals surface area contributed by atoms with Crippen molar-refractivity contribution < 1.29 is 9.53 Å². The normalized spacial score (nSPS) is 26.0. The van der Waals surface area contributed by atoms with Crippen molar-refractivity contribution in [3.05, 3.63) is 0 Å². The van der Waals surface area contributed by atoms with E-state index in [-0.39, 0.29) is 6.10 Å². The third-order valence-corrected chi connectivity index (χ3v) is 1.45. The highest BCUT2D eigenvalue weighted by molar-refractivity contribution is 5.45. The molecular formula is C6H11NO2. The topological polar surface area (TPSA) is 38.3 Å². The fraction of sp³-hybridized carbons (Fsp3) is 0.833. The second kappa shape index (κ2) is 3.45. The third-order valence-electron chi connectivity index (χ3n) is 1.45. The highest BCUT2D eigenvalue weighted by Crippen LogP contribution is 2.09. The lowest BCUT2D eigenvalue weighted by Gasteiger charge is -2.05. The number of nitrogens with one attached hydrogen (secondary N) is 1.